The summed E-state index contributed by atoms with van der Waals surface area (Å²) in [7, 11) is 0. The monoisotopic (exact) mass is 327 g/mol. The van der Waals surface area contributed by atoms with E-state index in [-0.39, 0.29) is 10.6 Å². The summed E-state index contributed by atoms with van der Waals surface area (Å²) in [6.07, 6.45) is 4.25. The molecule has 23 heavy (non-hydrogen) atoms. The maximum Gasteiger partial charge on any atom is 0.285 e. The molecule has 1 aliphatic heterocycles. The lowest BCUT2D eigenvalue weighted by atomic mass is 10.1. The summed E-state index contributed by atoms with van der Waals surface area (Å²) >= 11 is 6.14. The predicted octanol–water partition coefficient (Wildman–Crippen LogP) is 2.17. The first kappa shape index (κ1) is 14.0. The Hall–Kier alpha value is -2.60. The van der Waals surface area contributed by atoms with Gasteiger partial charge in [-0.25, -0.2) is 10.1 Å². The number of nitrogens with one attached hydrogen (secondary N) is 1. The fraction of sp³-hybridized carbons (Fsp3) is 0.188. The Morgan fingerprint density at radius 3 is 2.87 bits per heavy atom. The molecule has 0 unspecified atom stereocenters. The molecule has 7 heteroatoms. The van der Waals surface area contributed by atoms with Crippen molar-refractivity contribution in [2.75, 3.05) is 11.4 Å². The molecule has 0 fully saturated rings. The quantitative estimate of drug-likeness (QED) is 0.783. The number of benzene rings is 1. The second-order valence-corrected chi connectivity index (χ2v) is 5.79. The van der Waals surface area contributed by atoms with Crippen molar-refractivity contribution in [2.45, 2.75) is 13.0 Å². The van der Waals surface area contributed by atoms with Gasteiger partial charge in [-0.15, -0.1) is 0 Å². The Balaban J connectivity index is 1.73. The minimum atomic E-state index is -0.369. The molecule has 4 rings (SSSR count). The molecule has 0 saturated heterocycles. The van der Waals surface area contributed by atoms with Crippen molar-refractivity contribution in [3.05, 3.63) is 69.6 Å². The van der Waals surface area contributed by atoms with Gasteiger partial charge in [0.2, 0.25) is 0 Å². The molecule has 0 atom stereocenters. The molecule has 0 aliphatic carbocycles. The van der Waals surface area contributed by atoms with Crippen LogP contribution in [0.1, 0.15) is 11.4 Å². The highest BCUT2D eigenvalue weighted by Gasteiger charge is 2.24. The van der Waals surface area contributed by atoms with Crippen LogP contribution in [0.2, 0.25) is 5.02 Å². The van der Waals surface area contributed by atoms with Gasteiger partial charge in [0.15, 0.2) is 0 Å². The normalized spacial score (nSPS) is 13.9. The third-order valence-corrected chi connectivity index (χ3v) is 4.43. The number of para-hydroxylation sites is 1. The molecule has 1 aliphatic rings. The van der Waals surface area contributed by atoms with Crippen LogP contribution in [0.4, 0.5) is 5.69 Å². The topological polar surface area (TPSA) is 66.8 Å². The summed E-state index contributed by atoms with van der Waals surface area (Å²) < 4.78 is 2.08. The fourth-order valence-corrected chi connectivity index (χ4v) is 3.11. The van der Waals surface area contributed by atoms with E-state index in [1.807, 2.05) is 36.7 Å². The zero-order valence-corrected chi connectivity index (χ0v) is 13.0. The second-order valence-electron chi connectivity index (χ2n) is 5.41. The van der Waals surface area contributed by atoms with E-state index in [0.717, 1.165) is 30.0 Å². The van der Waals surface area contributed by atoms with E-state index >= 15 is 0 Å². The SMILES string of the molecule is O=c1[nH]ncc(N2CCc3ncn(-c4ccccc4)c3C2)c1Cl. The van der Waals surface area contributed by atoms with Gasteiger partial charge in [0.25, 0.3) is 5.56 Å². The number of rotatable bonds is 2. The van der Waals surface area contributed by atoms with Crippen LogP contribution >= 0.6 is 11.6 Å². The Labute approximate surface area is 137 Å². The van der Waals surface area contributed by atoms with Gasteiger partial charge in [0.05, 0.1) is 36.1 Å². The van der Waals surface area contributed by atoms with Crippen molar-refractivity contribution in [3.63, 3.8) is 0 Å². The van der Waals surface area contributed by atoms with Crippen molar-refractivity contribution < 1.29 is 0 Å². The Kier molecular flexibility index (Phi) is 3.38. The lowest BCUT2D eigenvalue weighted by Crippen LogP contribution is -2.32. The summed E-state index contributed by atoms with van der Waals surface area (Å²) in [6.45, 7) is 1.39. The van der Waals surface area contributed by atoms with Gasteiger partial charge in [0, 0.05) is 18.7 Å². The first-order valence-corrected chi connectivity index (χ1v) is 7.70. The summed E-state index contributed by atoms with van der Waals surface area (Å²) in [5.41, 5.74) is 3.55. The predicted molar refractivity (Wildman–Crippen MR) is 88.2 cm³/mol. The van der Waals surface area contributed by atoms with Crippen LogP contribution in [0.5, 0.6) is 0 Å². The van der Waals surface area contributed by atoms with Crippen LogP contribution in [0.3, 0.4) is 0 Å². The molecule has 0 bridgehead atoms. The zero-order valence-electron chi connectivity index (χ0n) is 12.2. The van der Waals surface area contributed by atoms with Gasteiger partial charge in [-0.2, -0.15) is 5.10 Å². The number of nitrogens with zero attached hydrogens (tertiary/aromatic N) is 4. The number of anilines is 1. The lowest BCUT2D eigenvalue weighted by Gasteiger charge is -2.29. The second kappa shape index (κ2) is 5.55. The van der Waals surface area contributed by atoms with Gasteiger partial charge in [-0.1, -0.05) is 29.8 Å². The number of hydrogen-bond donors (Lipinski definition) is 1. The number of fused-ring (bicyclic) bond motifs is 1. The molecule has 0 radical (unpaired) electrons. The van der Waals surface area contributed by atoms with Crippen LogP contribution in [0.25, 0.3) is 5.69 Å². The molecule has 116 valence electrons. The van der Waals surface area contributed by atoms with Crippen molar-refractivity contribution in [3.8, 4) is 5.69 Å². The van der Waals surface area contributed by atoms with E-state index in [0.29, 0.717) is 12.2 Å². The van der Waals surface area contributed by atoms with Gasteiger partial charge in [0.1, 0.15) is 5.02 Å². The first-order valence-electron chi connectivity index (χ1n) is 7.32. The van der Waals surface area contributed by atoms with Crippen LogP contribution in [0, 0.1) is 0 Å². The maximum atomic E-state index is 11.7. The van der Waals surface area contributed by atoms with Gasteiger partial charge >= 0.3 is 0 Å². The van der Waals surface area contributed by atoms with Crippen LogP contribution < -0.4 is 10.5 Å². The Bertz CT molecular complexity index is 902. The Morgan fingerprint density at radius 2 is 2.04 bits per heavy atom. The van der Waals surface area contributed by atoms with E-state index in [1.165, 1.54) is 0 Å². The highest BCUT2D eigenvalue weighted by molar-refractivity contribution is 6.32. The minimum absolute atomic E-state index is 0.175. The van der Waals surface area contributed by atoms with Crippen LogP contribution in [-0.4, -0.2) is 26.3 Å². The molecule has 2 aromatic heterocycles. The van der Waals surface area contributed by atoms with E-state index in [1.54, 1.807) is 6.20 Å². The largest absolute Gasteiger partial charge is 0.363 e. The van der Waals surface area contributed by atoms with Gasteiger partial charge in [-0.05, 0) is 12.1 Å². The number of H-pyrrole nitrogens is 1. The molecule has 3 aromatic rings. The smallest absolute Gasteiger partial charge is 0.285 e. The van der Waals surface area contributed by atoms with Crippen LogP contribution in [-0.2, 0) is 13.0 Å². The van der Waals surface area contributed by atoms with E-state index in [4.69, 9.17) is 11.6 Å². The molecular formula is C16H14ClN5O. The number of halogens is 1. The molecule has 1 N–H and O–H groups in total. The average molecular weight is 328 g/mol. The maximum absolute atomic E-state index is 11.7. The Morgan fingerprint density at radius 1 is 1.22 bits per heavy atom. The van der Waals surface area contributed by atoms with Crippen molar-refractivity contribution in [2.24, 2.45) is 0 Å². The highest BCUT2D eigenvalue weighted by atomic mass is 35.5. The van der Waals surface area contributed by atoms with Crippen LogP contribution in [0.15, 0.2) is 47.7 Å². The van der Waals surface area contributed by atoms with E-state index in [2.05, 4.69) is 24.6 Å². The third-order valence-electron chi connectivity index (χ3n) is 4.06. The van der Waals surface area contributed by atoms with Crippen molar-refractivity contribution >= 4 is 17.3 Å². The van der Waals surface area contributed by atoms with E-state index < -0.39 is 0 Å². The number of hydrogen-bond acceptors (Lipinski definition) is 4. The molecule has 6 nitrogen and oxygen atoms in total. The third kappa shape index (κ3) is 2.41. The number of aromatic nitrogens is 4. The molecule has 0 spiro atoms. The fourth-order valence-electron chi connectivity index (χ4n) is 2.90. The summed E-state index contributed by atoms with van der Waals surface area (Å²) in [4.78, 5) is 18.3. The highest BCUT2D eigenvalue weighted by Crippen LogP contribution is 2.28. The molecule has 1 aromatic carbocycles. The summed E-state index contributed by atoms with van der Waals surface area (Å²) in [5, 5.41) is 6.38. The molecule has 0 saturated carbocycles. The molecule has 0 amide bonds. The molecular weight excluding hydrogens is 314 g/mol. The standard InChI is InChI=1S/C16H14ClN5O/c17-15-13(8-19-20-16(15)23)21-7-6-12-14(9-21)22(10-18-12)11-4-2-1-3-5-11/h1-5,8,10H,6-7,9H2,(H,20,23). The first-order chi connectivity index (χ1) is 11.2. The summed E-state index contributed by atoms with van der Waals surface area (Å²) in [5.74, 6) is 0. The minimum Gasteiger partial charge on any atom is -0.363 e. The molecule has 3 heterocycles. The average Bonchev–Trinajstić information content (AvgIpc) is 3.01. The number of aromatic amines is 1. The summed E-state index contributed by atoms with van der Waals surface area (Å²) in [6, 6.07) is 10.1. The zero-order chi connectivity index (χ0) is 15.8. The van der Waals surface area contributed by atoms with Crippen molar-refractivity contribution in [1.82, 2.24) is 19.7 Å². The van der Waals surface area contributed by atoms with Gasteiger partial charge < -0.3 is 9.47 Å². The lowest BCUT2D eigenvalue weighted by molar-refractivity contribution is 0.693. The van der Waals surface area contributed by atoms with Gasteiger partial charge in [-0.3, -0.25) is 4.79 Å². The number of imidazole rings is 1. The van der Waals surface area contributed by atoms with Crippen molar-refractivity contribution in [1.29, 1.82) is 0 Å². The van der Waals surface area contributed by atoms with E-state index in [9.17, 15) is 4.79 Å².